The number of halogens is 1. The van der Waals surface area contributed by atoms with E-state index in [1.165, 1.54) is 11.8 Å². The number of aryl methyl sites for hydroxylation is 1. The molecule has 1 aromatic carbocycles. The van der Waals surface area contributed by atoms with Crippen LogP contribution >= 0.6 is 27.7 Å². The predicted octanol–water partition coefficient (Wildman–Crippen LogP) is 2.08. The fourth-order valence-electron chi connectivity index (χ4n) is 1.70. The third kappa shape index (κ3) is 4.05. The smallest absolute Gasteiger partial charge is 0.234 e. The van der Waals surface area contributed by atoms with Crippen LogP contribution in [-0.4, -0.2) is 26.4 Å². The van der Waals surface area contributed by atoms with Crippen molar-refractivity contribution in [3.05, 3.63) is 34.1 Å². The van der Waals surface area contributed by atoms with Crippen LogP contribution in [0.4, 0.5) is 5.69 Å². The van der Waals surface area contributed by atoms with Crippen LogP contribution in [0.2, 0.25) is 0 Å². The summed E-state index contributed by atoms with van der Waals surface area (Å²) < 4.78 is 2.81. The number of hydrogen-bond donors (Lipinski definition) is 2. The van der Waals surface area contributed by atoms with E-state index in [0.29, 0.717) is 17.5 Å². The number of thioether (sulfide) groups is 1. The molecular formula is C13H16BrN5OS. The van der Waals surface area contributed by atoms with E-state index in [1.54, 1.807) is 4.57 Å². The number of anilines is 1. The minimum absolute atomic E-state index is 0.0842. The van der Waals surface area contributed by atoms with Gasteiger partial charge in [-0.1, -0.05) is 27.7 Å². The van der Waals surface area contributed by atoms with Gasteiger partial charge in [0.25, 0.3) is 0 Å². The second kappa shape index (κ2) is 7.06. The number of aromatic nitrogens is 3. The van der Waals surface area contributed by atoms with Gasteiger partial charge in [-0.3, -0.25) is 4.79 Å². The molecule has 0 radical (unpaired) electrons. The summed E-state index contributed by atoms with van der Waals surface area (Å²) in [6.45, 7) is 2.30. The maximum Gasteiger partial charge on any atom is 0.234 e. The van der Waals surface area contributed by atoms with Crippen molar-refractivity contribution in [2.75, 3.05) is 11.1 Å². The van der Waals surface area contributed by atoms with Crippen molar-refractivity contribution in [2.45, 2.75) is 18.6 Å². The molecule has 112 valence electrons. The molecule has 1 heterocycles. The standard InChI is InChI=1S/C13H16BrN5OS/c1-8-5-9(3-4-10(8)14)16-12(20)7-21-13-18-17-11(6-15)19(13)2/h3-5H,6-7,15H2,1-2H3,(H,16,20). The first kappa shape index (κ1) is 16.0. The van der Waals surface area contributed by atoms with Crippen molar-refractivity contribution < 1.29 is 4.79 Å². The molecule has 1 amide bonds. The maximum absolute atomic E-state index is 11.9. The molecular weight excluding hydrogens is 354 g/mol. The molecule has 2 aromatic rings. The molecule has 0 spiro atoms. The highest BCUT2D eigenvalue weighted by Crippen LogP contribution is 2.21. The van der Waals surface area contributed by atoms with Gasteiger partial charge in [0.2, 0.25) is 5.91 Å². The number of rotatable bonds is 5. The van der Waals surface area contributed by atoms with Crippen LogP contribution in [0.3, 0.4) is 0 Å². The summed E-state index contributed by atoms with van der Waals surface area (Å²) in [5.74, 6) is 0.881. The average Bonchev–Trinajstić information content (AvgIpc) is 2.81. The van der Waals surface area contributed by atoms with Crippen molar-refractivity contribution >= 4 is 39.3 Å². The Morgan fingerprint density at radius 1 is 1.48 bits per heavy atom. The highest BCUT2D eigenvalue weighted by molar-refractivity contribution is 9.10. The zero-order chi connectivity index (χ0) is 15.4. The molecule has 0 saturated carbocycles. The SMILES string of the molecule is Cc1cc(NC(=O)CSc2nnc(CN)n2C)ccc1Br. The fraction of sp³-hybridized carbons (Fsp3) is 0.308. The Balaban J connectivity index is 1.92. The third-order valence-electron chi connectivity index (χ3n) is 2.88. The van der Waals surface area contributed by atoms with Gasteiger partial charge in [-0.05, 0) is 30.7 Å². The largest absolute Gasteiger partial charge is 0.325 e. The zero-order valence-electron chi connectivity index (χ0n) is 11.8. The molecule has 21 heavy (non-hydrogen) atoms. The van der Waals surface area contributed by atoms with Crippen LogP contribution in [0.5, 0.6) is 0 Å². The van der Waals surface area contributed by atoms with Crippen LogP contribution in [0.15, 0.2) is 27.8 Å². The van der Waals surface area contributed by atoms with Gasteiger partial charge in [-0.25, -0.2) is 0 Å². The Morgan fingerprint density at radius 3 is 2.86 bits per heavy atom. The van der Waals surface area contributed by atoms with Gasteiger partial charge in [-0.15, -0.1) is 10.2 Å². The summed E-state index contributed by atoms with van der Waals surface area (Å²) in [5, 5.41) is 11.5. The molecule has 0 aliphatic carbocycles. The summed E-state index contributed by atoms with van der Waals surface area (Å²) in [4.78, 5) is 11.9. The molecule has 0 bridgehead atoms. The summed E-state index contributed by atoms with van der Waals surface area (Å²) in [7, 11) is 1.83. The molecule has 8 heteroatoms. The molecule has 2 rings (SSSR count). The minimum Gasteiger partial charge on any atom is -0.325 e. The lowest BCUT2D eigenvalue weighted by Gasteiger charge is -2.07. The number of hydrogen-bond acceptors (Lipinski definition) is 5. The van der Waals surface area contributed by atoms with E-state index >= 15 is 0 Å². The van der Waals surface area contributed by atoms with Gasteiger partial charge in [-0.2, -0.15) is 0 Å². The molecule has 6 nitrogen and oxygen atoms in total. The lowest BCUT2D eigenvalue weighted by Crippen LogP contribution is -2.14. The Morgan fingerprint density at radius 2 is 2.24 bits per heavy atom. The lowest BCUT2D eigenvalue weighted by atomic mass is 10.2. The Labute approximate surface area is 135 Å². The number of carbonyl (C=O) groups is 1. The summed E-state index contributed by atoms with van der Waals surface area (Å²) in [6.07, 6.45) is 0. The van der Waals surface area contributed by atoms with E-state index < -0.39 is 0 Å². The minimum atomic E-state index is -0.0842. The molecule has 0 fully saturated rings. The molecule has 0 unspecified atom stereocenters. The number of nitrogens with zero attached hydrogens (tertiary/aromatic N) is 3. The second-order valence-electron chi connectivity index (χ2n) is 4.46. The van der Waals surface area contributed by atoms with Crippen molar-refractivity contribution in [1.82, 2.24) is 14.8 Å². The first-order chi connectivity index (χ1) is 10.0. The molecule has 3 N–H and O–H groups in total. The van der Waals surface area contributed by atoms with E-state index in [9.17, 15) is 4.79 Å². The van der Waals surface area contributed by atoms with Gasteiger partial charge in [0.05, 0.1) is 12.3 Å². The van der Waals surface area contributed by atoms with Crippen molar-refractivity contribution in [3.8, 4) is 0 Å². The van der Waals surface area contributed by atoms with Crippen molar-refractivity contribution in [1.29, 1.82) is 0 Å². The Kier molecular flexibility index (Phi) is 5.38. The Bertz CT molecular complexity index is 658. The van der Waals surface area contributed by atoms with Crippen LogP contribution in [0, 0.1) is 6.92 Å². The highest BCUT2D eigenvalue weighted by Gasteiger charge is 2.10. The van der Waals surface area contributed by atoms with Crippen LogP contribution in [0.25, 0.3) is 0 Å². The third-order valence-corrected chi connectivity index (χ3v) is 4.79. The van der Waals surface area contributed by atoms with E-state index in [2.05, 4.69) is 31.4 Å². The van der Waals surface area contributed by atoms with Gasteiger partial charge in [0.1, 0.15) is 5.82 Å². The van der Waals surface area contributed by atoms with Crippen LogP contribution in [0.1, 0.15) is 11.4 Å². The zero-order valence-corrected chi connectivity index (χ0v) is 14.2. The van der Waals surface area contributed by atoms with Crippen molar-refractivity contribution in [2.24, 2.45) is 12.8 Å². The normalized spacial score (nSPS) is 10.7. The van der Waals surface area contributed by atoms with Crippen LogP contribution in [-0.2, 0) is 18.4 Å². The number of nitrogens with one attached hydrogen (secondary N) is 1. The van der Waals surface area contributed by atoms with Gasteiger partial charge >= 0.3 is 0 Å². The molecule has 1 aromatic heterocycles. The first-order valence-corrected chi connectivity index (χ1v) is 8.06. The number of amides is 1. The van der Waals surface area contributed by atoms with E-state index in [1.807, 2.05) is 32.2 Å². The molecule has 0 aliphatic heterocycles. The van der Waals surface area contributed by atoms with Gasteiger partial charge in [0.15, 0.2) is 5.16 Å². The maximum atomic E-state index is 11.9. The molecule has 0 saturated heterocycles. The second-order valence-corrected chi connectivity index (χ2v) is 6.26. The fourth-order valence-corrected chi connectivity index (χ4v) is 2.67. The number of nitrogens with two attached hydrogens (primary N) is 1. The van der Waals surface area contributed by atoms with E-state index in [4.69, 9.17) is 5.73 Å². The monoisotopic (exact) mass is 369 g/mol. The van der Waals surface area contributed by atoms with E-state index in [-0.39, 0.29) is 11.7 Å². The first-order valence-electron chi connectivity index (χ1n) is 6.28. The molecule has 0 aliphatic rings. The Hall–Kier alpha value is -1.38. The quantitative estimate of drug-likeness (QED) is 0.787. The summed E-state index contributed by atoms with van der Waals surface area (Å²) in [5.41, 5.74) is 7.38. The number of carbonyl (C=O) groups excluding carboxylic acids is 1. The van der Waals surface area contributed by atoms with Crippen LogP contribution < -0.4 is 11.1 Å². The summed E-state index contributed by atoms with van der Waals surface area (Å²) in [6, 6.07) is 5.68. The predicted molar refractivity (Wildman–Crippen MR) is 87.1 cm³/mol. The summed E-state index contributed by atoms with van der Waals surface area (Å²) >= 11 is 4.76. The van der Waals surface area contributed by atoms with Crippen molar-refractivity contribution in [3.63, 3.8) is 0 Å². The average molecular weight is 370 g/mol. The van der Waals surface area contributed by atoms with Gasteiger partial charge < -0.3 is 15.6 Å². The lowest BCUT2D eigenvalue weighted by molar-refractivity contribution is -0.113. The molecule has 0 atom stereocenters. The number of benzene rings is 1. The van der Waals surface area contributed by atoms with Gasteiger partial charge in [0, 0.05) is 17.2 Å². The topological polar surface area (TPSA) is 85.8 Å². The van der Waals surface area contributed by atoms with E-state index in [0.717, 1.165) is 15.7 Å². The highest BCUT2D eigenvalue weighted by atomic mass is 79.9.